The summed E-state index contributed by atoms with van der Waals surface area (Å²) in [4.78, 5) is 27.1. The van der Waals surface area contributed by atoms with E-state index in [0.717, 1.165) is 18.4 Å². The predicted octanol–water partition coefficient (Wildman–Crippen LogP) is 1.38. The van der Waals surface area contributed by atoms with Crippen molar-refractivity contribution in [2.75, 3.05) is 0 Å². The zero-order valence-electron chi connectivity index (χ0n) is 10.9. The Morgan fingerprint density at radius 2 is 2.26 bits per heavy atom. The Balaban J connectivity index is 1.88. The van der Waals surface area contributed by atoms with Crippen LogP contribution in [-0.2, 0) is 16.0 Å². The lowest BCUT2D eigenvalue weighted by molar-refractivity contribution is -0.147. The van der Waals surface area contributed by atoms with Gasteiger partial charge in [0.15, 0.2) is 0 Å². The van der Waals surface area contributed by atoms with Crippen molar-refractivity contribution in [2.45, 2.75) is 38.1 Å². The van der Waals surface area contributed by atoms with Crippen molar-refractivity contribution in [3.63, 3.8) is 0 Å². The molecule has 1 aliphatic rings. The highest BCUT2D eigenvalue weighted by molar-refractivity contribution is 5.87. The Morgan fingerprint density at radius 1 is 1.53 bits per heavy atom. The van der Waals surface area contributed by atoms with E-state index >= 15 is 0 Å². The van der Waals surface area contributed by atoms with E-state index in [2.05, 4.69) is 10.3 Å². The summed E-state index contributed by atoms with van der Waals surface area (Å²) in [5, 5.41) is 11.9. The molecule has 1 unspecified atom stereocenters. The second-order valence-electron chi connectivity index (χ2n) is 5.19. The number of aryl methyl sites for hydroxylation is 1. The lowest BCUT2D eigenvalue weighted by Crippen LogP contribution is -2.54. The van der Waals surface area contributed by atoms with E-state index < -0.39 is 11.5 Å². The maximum Gasteiger partial charge on any atom is 0.329 e. The molecule has 0 aromatic carbocycles. The van der Waals surface area contributed by atoms with Crippen LogP contribution in [0.4, 0.5) is 0 Å². The molecular weight excluding hydrogens is 244 g/mol. The molecule has 1 heterocycles. The number of pyridine rings is 1. The minimum atomic E-state index is -1.12. The Labute approximate surface area is 112 Å². The van der Waals surface area contributed by atoms with Gasteiger partial charge in [-0.3, -0.25) is 9.78 Å². The van der Waals surface area contributed by atoms with Crippen LogP contribution in [-0.4, -0.2) is 27.5 Å². The van der Waals surface area contributed by atoms with Crippen molar-refractivity contribution in [1.82, 2.24) is 10.3 Å². The average Bonchev–Trinajstić information content (AvgIpc) is 3.22. The van der Waals surface area contributed by atoms with Crippen molar-refractivity contribution in [1.29, 1.82) is 0 Å². The molecular formula is C14H18N2O3. The average molecular weight is 262 g/mol. The molecule has 2 rings (SSSR count). The first-order valence-corrected chi connectivity index (χ1v) is 6.45. The summed E-state index contributed by atoms with van der Waals surface area (Å²) in [7, 11) is 0. The third kappa shape index (κ3) is 3.30. The van der Waals surface area contributed by atoms with Gasteiger partial charge < -0.3 is 10.4 Å². The molecule has 1 atom stereocenters. The summed E-state index contributed by atoms with van der Waals surface area (Å²) in [5.41, 5.74) is -0.146. The number of carboxylic acids is 1. The smallest absolute Gasteiger partial charge is 0.329 e. The van der Waals surface area contributed by atoms with Gasteiger partial charge in [0.25, 0.3) is 0 Å². The first-order chi connectivity index (χ1) is 9.02. The monoisotopic (exact) mass is 262 g/mol. The second-order valence-corrected chi connectivity index (χ2v) is 5.19. The summed E-state index contributed by atoms with van der Waals surface area (Å²) < 4.78 is 0. The van der Waals surface area contributed by atoms with Crippen LogP contribution >= 0.6 is 0 Å². The summed E-state index contributed by atoms with van der Waals surface area (Å²) in [6, 6.07) is 3.72. The Hall–Kier alpha value is -1.91. The standard InChI is InChI=1S/C14H18N2O3/c1-14(13(18)19,11-5-6-11)16-12(17)7-4-10-3-2-8-15-9-10/h2-3,8-9,11H,4-7H2,1H3,(H,16,17)(H,18,19). The van der Waals surface area contributed by atoms with Gasteiger partial charge in [0.1, 0.15) is 5.54 Å². The molecule has 5 heteroatoms. The van der Waals surface area contributed by atoms with Gasteiger partial charge in [-0.2, -0.15) is 0 Å². The number of amides is 1. The van der Waals surface area contributed by atoms with E-state index in [1.165, 1.54) is 0 Å². The van der Waals surface area contributed by atoms with Crippen LogP contribution in [0.3, 0.4) is 0 Å². The molecule has 19 heavy (non-hydrogen) atoms. The molecule has 1 aliphatic carbocycles. The largest absolute Gasteiger partial charge is 0.480 e. The molecule has 0 spiro atoms. The Kier molecular flexibility index (Phi) is 3.83. The van der Waals surface area contributed by atoms with Crippen LogP contribution in [0.1, 0.15) is 31.7 Å². The van der Waals surface area contributed by atoms with Gasteiger partial charge >= 0.3 is 5.97 Å². The second kappa shape index (κ2) is 5.38. The topological polar surface area (TPSA) is 79.3 Å². The summed E-state index contributed by atoms with van der Waals surface area (Å²) in [6.07, 6.45) is 5.97. The minimum Gasteiger partial charge on any atom is -0.480 e. The molecule has 1 fully saturated rings. The zero-order chi connectivity index (χ0) is 13.9. The first-order valence-electron chi connectivity index (χ1n) is 6.45. The van der Waals surface area contributed by atoms with Gasteiger partial charge in [0.2, 0.25) is 5.91 Å². The maximum atomic E-state index is 11.9. The van der Waals surface area contributed by atoms with Gasteiger partial charge in [-0.1, -0.05) is 6.07 Å². The molecule has 0 saturated heterocycles. The maximum absolute atomic E-state index is 11.9. The highest BCUT2D eigenvalue weighted by Gasteiger charge is 2.48. The van der Waals surface area contributed by atoms with Crippen molar-refractivity contribution >= 4 is 11.9 Å². The van der Waals surface area contributed by atoms with Crippen molar-refractivity contribution in [2.24, 2.45) is 5.92 Å². The van der Waals surface area contributed by atoms with Gasteiger partial charge in [0.05, 0.1) is 0 Å². The van der Waals surface area contributed by atoms with Crippen LogP contribution in [0.2, 0.25) is 0 Å². The molecule has 0 aliphatic heterocycles. The number of aromatic nitrogens is 1. The highest BCUT2D eigenvalue weighted by atomic mass is 16.4. The minimum absolute atomic E-state index is 0.0624. The van der Waals surface area contributed by atoms with Gasteiger partial charge in [-0.15, -0.1) is 0 Å². The van der Waals surface area contributed by atoms with Crippen molar-refractivity contribution in [3.8, 4) is 0 Å². The number of rotatable bonds is 6. The van der Waals surface area contributed by atoms with Crippen LogP contribution in [0.15, 0.2) is 24.5 Å². The SMILES string of the molecule is CC(NC(=O)CCc1cccnc1)(C(=O)O)C1CC1. The van der Waals surface area contributed by atoms with Gasteiger partial charge in [-0.25, -0.2) is 4.79 Å². The molecule has 0 radical (unpaired) electrons. The number of hydrogen-bond acceptors (Lipinski definition) is 3. The number of hydrogen-bond donors (Lipinski definition) is 2. The molecule has 1 aromatic rings. The Morgan fingerprint density at radius 3 is 2.79 bits per heavy atom. The summed E-state index contributed by atoms with van der Waals surface area (Å²) in [6.45, 7) is 1.59. The van der Waals surface area contributed by atoms with Crippen LogP contribution in [0, 0.1) is 5.92 Å². The summed E-state index contributed by atoms with van der Waals surface area (Å²) in [5.74, 6) is -1.11. The quantitative estimate of drug-likeness (QED) is 0.811. The fourth-order valence-electron chi connectivity index (χ4n) is 2.15. The van der Waals surface area contributed by atoms with Crippen molar-refractivity contribution < 1.29 is 14.7 Å². The third-order valence-corrected chi connectivity index (χ3v) is 3.60. The lowest BCUT2D eigenvalue weighted by atomic mass is 9.95. The van der Waals surface area contributed by atoms with E-state index in [1.807, 2.05) is 12.1 Å². The van der Waals surface area contributed by atoms with Gasteiger partial charge in [-0.05, 0) is 43.7 Å². The fraction of sp³-hybridized carbons (Fsp3) is 0.500. The normalized spacial score (nSPS) is 17.5. The van der Waals surface area contributed by atoms with Crippen LogP contribution in [0.5, 0.6) is 0 Å². The number of nitrogens with one attached hydrogen (secondary N) is 1. The predicted molar refractivity (Wildman–Crippen MR) is 69.5 cm³/mol. The van der Waals surface area contributed by atoms with E-state index in [1.54, 1.807) is 19.3 Å². The molecule has 5 nitrogen and oxygen atoms in total. The number of nitrogens with zero attached hydrogens (tertiary/aromatic N) is 1. The molecule has 1 saturated carbocycles. The Bertz CT molecular complexity index is 471. The van der Waals surface area contributed by atoms with E-state index in [-0.39, 0.29) is 18.2 Å². The highest BCUT2D eigenvalue weighted by Crippen LogP contribution is 2.39. The van der Waals surface area contributed by atoms with Crippen LogP contribution in [0.25, 0.3) is 0 Å². The lowest BCUT2D eigenvalue weighted by Gasteiger charge is -2.26. The number of carbonyl (C=O) groups excluding carboxylic acids is 1. The molecule has 102 valence electrons. The van der Waals surface area contributed by atoms with E-state index in [4.69, 9.17) is 0 Å². The van der Waals surface area contributed by atoms with Crippen LogP contribution < -0.4 is 5.32 Å². The molecule has 2 N–H and O–H groups in total. The molecule has 1 amide bonds. The van der Waals surface area contributed by atoms with E-state index in [0.29, 0.717) is 6.42 Å². The van der Waals surface area contributed by atoms with E-state index in [9.17, 15) is 14.7 Å². The van der Waals surface area contributed by atoms with Gasteiger partial charge in [0, 0.05) is 18.8 Å². The zero-order valence-corrected chi connectivity index (χ0v) is 10.9. The first kappa shape index (κ1) is 13.5. The number of carboxylic acid groups (broad SMARTS) is 1. The molecule has 0 bridgehead atoms. The number of carbonyl (C=O) groups is 2. The van der Waals surface area contributed by atoms with Crippen molar-refractivity contribution in [3.05, 3.63) is 30.1 Å². The summed E-state index contributed by atoms with van der Waals surface area (Å²) >= 11 is 0. The number of aliphatic carboxylic acids is 1. The third-order valence-electron chi connectivity index (χ3n) is 3.60. The fourth-order valence-corrected chi connectivity index (χ4v) is 2.15. The molecule has 1 aromatic heterocycles.